The summed E-state index contributed by atoms with van der Waals surface area (Å²) in [7, 11) is 4.22. The van der Waals surface area contributed by atoms with Gasteiger partial charge in [-0.2, -0.15) is 0 Å². The lowest BCUT2D eigenvalue weighted by Crippen LogP contribution is -2.58. The zero-order valence-corrected chi connectivity index (χ0v) is 45.2. The first kappa shape index (κ1) is 61.7. The second-order valence-corrected chi connectivity index (χ2v) is 20.1. The van der Waals surface area contributed by atoms with Gasteiger partial charge in [0.05, 0.1) is 25.6 Å². The molecule has 0 saturated carbocycles. The number of carbonyl (C=O) groups is 9. The van der Waals surface area contributed by atoms with Gasteiger partial charge in [0.15, 0.2) is 11.9 Å². The Morgan fingerprint density at radius 1 is 0.811 bits per heavy atom. The van der Waals surface area contributed by atoms with E-state index in [-0.39, 0.29) is 50.7 Å². The van der Waals surface area contributed by atoms with Crippen molar-refractivity contribution in [1.82, 2.24) is 25.3 Å². The van der Waals surface area contributed by atoms with Gasteiger partial charge < -0.3 is 50.2 Å². The average Bonchev–Trinajstić information content (AvgIpc) is 3.86. The molecule has 1 unspecified atom stereocenters. The standard InChI is InChI=1S/C54H80N6O14/c1-13-33(6)27-39(61)29-44(62)74-47(32(4)5)46(63)34(7)49(65)56-41(26-31(2)3)51(67)60-25-17-20-42(60)52(68)59(11)43(28-37-21-23-40(71-12)24-22-37)53(69)73-36(9)45(48(55)64)57-50(66)35(8)58(10)54(70)72-30-38-18-15-14-16-19-38/h14-16,18-19,21-24,31-36,39,41-43,45,47,61H,13,17,20,25-30H2,1-12H3,(H2,55,64)(H,56,65)(H,57,66)/t33-,34-,35+,36+,39+,41-,42-,43-,45-,47?/m0/s1. The van der Waals surface area contributed by atoms with E-state index in [1.807, 2.05) is 33.8 Å². The maximum absolute atomic E-state index is 14.7. The van der Waals surface area contributed by atoms with Crippen LogP contribution in [0.2, 0.25) is 0 Å². The number of hydrogen-bond donors (Lipinski definition) is 4. The highest BCUT2D eigenvalue weighted by Gasteiger charge is 2.43. The Hall–Kier alpha value is -6.57. The molecule has 410 valence electrons. The van der Waals surface area contributed by atoms with Crippen molar-refractivity contribution in [3.8, 4) is 5.75 Å². The third-order valence-electron chi connectivity index (χ3n) is 13.4. The summed E-state index contributed by atoms with van der Waals surface area (Å²) in [6.45, 7) is 15.1. The molecule has 3 rings (SSSR count). The van der Waals surface area contributed by atoms with Crippen LogP contribution in [0.25, 0.3) is 0 Å². The molecule has 2 aromatic rings. The number of primary amides is 1. The molecular weight excluding hydrogens is 957 g/mol. The summed E-state index contributed by atoms with van der Waals surface area (Å²) in [5.41, 5.74) is 7.04. The normalized spacial score (nSPS) is 17.0. The second-order valence-electron chi connectivity index (χ2n) is 20.1. The van der Waals surface area contributed by atoms with Crippen LogP contribution in [0.5, 0.6) is 5.75 Å². The molecule has 1 heterocycles. The molecule has 1 fully saturated rings. The molecule has 10 atom stereocenters. The van der Waals surface area contributed by atoms with Gasteiger partial charge in [0.25, 0.3) is 0 Å². The Morgan fingerprint density at radius 3 is 2.01 bits per heavy atom. The minimum Gasteiger partial charge on any atom is -0.497 e. The molecule has 1 aliphatic rings. The number of rotatable bonds is 28. The Kier molecular flexibility index (Phi) is 24.5. The van der Waals surface area contributed by atoms with Crippen molar-refractivity contribution in [2.45, 2.75) is 162 Å². The number of hydrogen-bond acceptors (Lipinski definition) is 14. The summed E-state index contributed by atoms with van der Waals surface area (Å²) in [6.07, 6.45) is -2.91. The number of ketones is 1. The summed E-state index contributed by atoms with van der Waals surface area (Å²) in [6, 6.07) is 9.29. The van der Waals surface area contributed by atoms with Crippen LogP contribution in [-0.4, -0.2) is 149 Å². The zero-order chi connectivity index (χ0) is 55.6. The molecular formula is C54H80N6O14. The number of benzene rings is 2. The van der Waals surface area contributed by atoms with Crippen LogP contribution in [0.15, 0.2) is 54.6 Å². The summed E-state index contributed by atoms with van der Waals surface area (Å²) in [5.74, 6) is -7.55. The first-order chi connectivity index (χ1) is 34.8. The topological polar surface area (TPSA) is 271 Å². The highest BCUT2D eigenvalue weighted by atomic mass is 16.6. The van der Waals surface area contributed by atoms with Crippen LogP contribution < -0.4 is 21.1 Å². The van der Waals surface area contributed by atoms with Gasteiger partial charge >= 0.3 is 18.0 Å². The third kappa shape index (κ3) is 18.1. The molecule has 0 radical (unpaired) electrons. The van der Waals surface area contributed by atoms with Crippen molar-refractivity contribution in [3.05, 3.63) is 65.7 Å². The van der Waals surface area contributed by atoms with E-state index in [9.17, 15) is 48.3 Å². The molecule has 5 N–H and O–H groups in total. The minimum atomic E-state index is -1.58. The van der Waals surface area contributed by atoms with Crippen molar-refractivity contribution in [3.63, 3.8) is 0 Å². The van der Waals surface area contributed by atoms with Gasteiger partial charge in [-0.05, 0) is 87.5 Å². The summed E-state index contributed by atoms with van der Waals surface area (Å²) < 4.78 is 22.0. The van der Waals surface area contributed by atoms with Crippen molar-refractivity contribution in [2.24, 2.45) is 29.4 Å². The lowest BCUT2D eigenvalue weighted by molar-refractivity contribution is -0.162. The summed E-state index contributed by atoms with van der Waals surface area (Å²) in [4.78, 5) is 127. The van der Waals surface area contributed by atoms with Gasteiger partial charge in [0, 0.05) is 27.1 Å². The zero-order valence-electron chi connectivity index (χ0n) is 45.2. The molecule has 1 saturated heterocycles. The van der Waals surface area contributed by atoms with Crippen molar-refractivity contribution >= 4 is 53.4 Å². The fourth-order valence-corrected chi connectivity index (χ4v) is 8.40. The molecule has 6 amide bonds. The number of aliphatic hydroxyl groups excluding tert-OH is 1. The highest BCUT2D eigenvalue weighted by molar-refractivity contribution is 6.05. The van der Waals surface area contributed by atoms with E-state index >= 15 is 0 Å². The van der Waals surface area contributed by atoms with Crippen LogP contribution in [0.3, 0.4) is 0 Å². The first-order valence-corrected chi connectivity index (χ1v) is 25.5. The van der Waals surface area contributed by atoms with E-state index in [4.69, 9.17) is 24.7 Å². The predicted octanol–water partition coefficient (Wildman–Crippen LogP) is 4.11. The van der Waals surface area contributed by atoms with Gasteiger partial charge in [-0.1, -0.05) is 90.4 Å². The Bertz CT molecular complexity index is 2220. The van der Waals surface area contributed by atoms with Gasteiger partial charge in [0.2, 0.25) is 29.5 Å². The molecule has 1 aliphatic heterocycles. The number of ether oxygens (including phenoxy) is 4. The van der Waals surface area contributed by atoms with Gasteiger partial charge in [-0.15, -0.1) is 0 Å². The second kappa shape index (κ2) is 29.4. The number of carbonyl (C=O) groups excluding carboxylic acids is 9. The Morgan fingerprint density at radius 2 is 1.45 bits per heavy atom. The van der Waals surface area contributed by atoms with E-state index in [0.717, 1.165) is 16.9 Å². The number of likely N-dealkylation sites (tertiary alicyclic amines) is 1. The van der Waals surface area contributed by atoms with Crippen LogP contribution in [-0.2, 0) is 65.6 Å². The fraction of sp³-hybridized carbons (Fsp3) is 0.611. The number of likely N-dealkylation sites (N-methyl/N-ethyl adjacent to an activating group) is 2. The van der Waals surface area contributed by atoms with E-state index < -0.39 is 114 Å². The maximum atomic E-state index is 14.7. The first-order valence-electron chi connectivity index (χ1n) is 25.5. The molecule has 0 aliphatic carbocycles. The van der Waals surface area contributed by atoms with Crippen LogP contribution in [0.1, 0.15) is 112 Å². The third-order valence-corrected chi connectivity index (χ3v) is 13.4. The number of nitrogens with two attached hydrogens (primary N) is 1. The van der Waals surface area contributed by atoms with E-state index in [2.05, 4.69) is 10.6 Å². The smallest absolute Gasteiger partial charge is 0.410 e. The number of Topliss-reactive ketones (excluding diaryl/α,β-unsaturated/α-hetero) is 1. The number of amides is 6. The SMILES string of the molecule is CC[C@H](C)C[C@@H](O)CC(=O)OC(C(=O)[C@H](C)C(=O)N[C@@H](CC(C)C)C(=O)N1CCC[C@H]1C(=O)N(C)[C@@H](Cc1ccc(OC)cc1)C(=O)O[C@H](C)[C@H](NC(=O)[C@@H](C)N(C)C(=O)OCc1ccccc1)C(N)=O)C(C)C. The number of aliphatic hydroxyl groups is 1. The monoisotopic (exact) mass is 1040 g/mol. The highest BCUT2D eigenvalue weighted by Crippen LogP contribution is 2.25. The maximum Gasteiger partial charge on any atom is 0.410 e. The summed E-state index contributed by atoms with van der Waals surface area (Å²) in [5, 5.41) is 15.6. The molecule has 20 nitrogen and oxygen atoms in total. The van der Waals surface area contributed by atoms with E-state index in [0.29, 0.717) is 24.2 Å². The minimum absolute atomic E-state index is 0.0487. The van der Waals surface area contributed by atoms with Crippen molar-refractivity contribution < 1.29 is 67.2 Å². The number of nitrogens with one attached hydrogen (secondary N) is 2. The quantitative estimate of drug-likeness (QED) is 0.0531. The molecule has 2 aromatic carbocycles. The largest absolute Gasteiger partial charge is 0.497 e. The van der Waals surface area contributed by atoms with Gasteiger partial charge in [0.1, 0.15) is 48.7 Å². The fourth-order valence-electron chi connectivity index (χ4n) is 8.40. The molecule has 0 aromatic heterocycles. The van der Waals surface area contributed by atoms with E-state index in [1.165, 1.54) is 51.8 Å². The Balaban J connectivity index is 1.82. The molecule has 0 spiro atoms. The predicted molar refractivity (Wildman–Crippen MR) is 273 cm³/mol. The van der Waals surface area contributed by atoms with Crippen molar-refractivity contribution in [1.29, 1.82) is 0 Å². The van der Waals surface area contributed by atoms with Gasteiger partial charge in [-0.3, -0.25) is 38.5 Å². The van der Waals surface area contributed by atoms with Crippen LogP contribution in [0.4, 0.5) is 4.79 Å². The van der Waals surface area contributed by atoms with E-state index in [1.54, 1.807) is 62.4 Å². The molecule has 0 bridgehead atoms. The number of methoxy groups -OCH3 is 1. The summed E-state index contributed by atoms with van der Waals surface area (Å²) >= 11 is 0. The van der Waals surface area contributed by atoms with Crippen molar-refractivity contribution in [2.75, 3.05) is 27.7 Å². The molecule has 20 heteroatoms. The lowest BCUT2D eigenvalue weighted by atomic mass is 9.92. The molecule has 74 heavy (non-hydrogen) atoms. The number of nitrogens with zero attached hydrogens (tertiary/aromatic N) is 3. The Labute approximate surface area is 435 Å². The average molecular weight is 1040 g/mol. The van der Waals surface area contributed by atoms with Crippen LogP contribution in [0, 0.1) is 23.7 Å². The lowest BCUT2D eigenvalue weighted by Gasteiger charge is -2.35. The number of esters is 2. The van der Waals surface area contributed by atoms with Gasteiger partial charge in [-0.25, -0.2) is 9.59 Å². The van der Waals surface area contributed by atoms with Crippen LogP contribution >= 0.6 is 0 Å².